The summed E-state index contributed by atoms with van der Waals surface area (Å²) >= 11 is 0. The zero-order chi connectivity index (χ0) is 17.8. The quantitative estimate of drug-likeness (QED) is 0.837. The second kappa shape index (κ2) is 8.11. The standard InChI is InChI=1S/C22H28N2O2/c1-25-21-9-5-8-20(16-21)23-12-10-19(11-13-23)24-14-15-26-22(17-24)18-6-3-2-4-7-18/h2-9,16,19,22H,10-15,17H2,1H3. The lowest BCUT2D eigenvalue weighted by molar-refractivity contribution is -0.0481. The molecule has 0 saturated carbocycles. The highest BCUT2D eigenvalue weighted by atomic mass is 16.5. The third kappa shape index (κ3) is 3.87. The number of benzene rings is 2. The van der Waals surface area contributed by atoms with Crippen molar-refractivity contribution in [1.82, 2.24) is 4.90 Å². The number of rotatable bonds is 4. The van der Waals surface area contributed by atoms with Crippen LogP contribution in [0, 0.1) is 0 Å². The smallest absolute Gasteiger partial charge is 0.120 e. The molecule has 2 aliphatic rings. The minimum Gasteiger partial charge on any atom is -0.497 e. The summed E-state index contributed by atoms with van der Waals surface area (Å²) in [6.07, 6.45) is 2.62. The monoisotopic (exact) mass is 352 g/mol. The van der Waals surface area contributed by atoms with Crippen molar-refractivity contribution in [3.63, 3.8) is 0 Å². The van der Waals surface area contributed by atoms with Gasteiger partial charge in [0.25, 0.3) is 0 Å². The topological polar surface area (TPSA) is 24.9 Å². The van der Waals surface area contributed by atoms with Gasteiger partial charge in [-0.05, 0) is 30.5 Å². The molecule has 4 heteroatoms. The molecule has 4 rings (SSSR count). The van der Waals surface area contributed by atoms with E-state index in [9.17, 15) is 0 Å². The molecule has 2 saturated heterocycles. The lowest BCUT2D eigenvalue weighted by Gasteiger charge is -2.43. The van der Waals surface area contributed by atoms with E-state index in [1.165, 1.54) is 24.1 Å². The van der Waals surface area contributed by atoms with Crippen molar-refractivity contribution in [2.45, 2.75) is 25.0 Å². The summed E-state index contributed by atoms with van der Waals surface area (Å²) in [6.45, 7) is 5.09. The Morgan fingerprint density at radius 1 is 0.962 bits per heavy atom. The molecule has 0 amide bonds. The second-order valence-electron chi connectivity index (χ2n) is 7.18. The van der Waals surface area contributed by atoms with Gasteiger partial charge in [-0.3, -0.25) is 4.90 Å². The molecule has 26 heavy (non-hydrogen) atoms. The van der Waals surface area contributed by atoms with Gasteiger partial charge in [-0.1, -0.05) is 36.4 Å². The second-order valence-corrected chi connectivity index (χ2v) is 7.18. The van der Waals surface area contributed by atoms with Gasteiger partial charge in [-0.15, -0.1) is 0 Å². The first kappa shape index (κ1) is 17.4. The molecule has 138 valence electrons. The molecule has 0 spiro atoms. The number of anilines is 1. The molecule has 0 radical (unpaired) electrons. The van der Waals surface area contributed by atoms with Gasteiger partial charge in [0.2, 0.25) is 0 Å². The molecule has 2 fully saturated rings. The van der Waals surface area contributed by atoms with E-state index >= 15 is 0 Å². The first-order valence-electron chi connectivity index (χ1n) is 9.63. The van der Waals surface area contributed by atoms with Crippen LogP contribution in [0.5, 0.6) is 5.75 Å². The Kier molecular flexibility index (Phi) is 5.42. The maximum atomic E-state index is 6.04. The summed E-state index contributed by atoms with van der Waals surface area (Å²) in [5, 5.41) is 0. The van der Waals surface area contributed by atoms with Crippen LogP contribution in [0.1, 0.15) is 24.5 Å². The van der Waals surface area contributed by atoms with Crippen LogP contribution in [0.3, 0.4) is 0 Å². The number of morpholine rings is 1. The average molecular weight is 352 g/mol. The maximum Gasteiger partial charge on any atom is 0.120 e. The van der Waals surface area contributed by atoms with Crippen molar-refractivity contribution in [2.75, 3.05) is 44.8 Å². The van der Waals surface area contributed by atoms with Gasteiger partial charge in [-0.25, -0.2) is 0 Å². The van der Waals surface area contributed by atoms with Gasteiger partial charge in [-0.2, -0.15) is 0 Å². The van der Waals surface area contributed by atoms with E-state index in [-0.39, 0.29) is 6.10 Å². The number of ether oxygens (including phenoxy) is 2. The molecule has 1 unspecified atom stereocenters. The van der Waals surface area contributed by atoms with Crippen LogP contribution in [0.4, 0.5) is 5.69 Å². The van der Waals surface area contributed by atoms with Gasteiger partial charge in [0.1, 0.15) is 5.75 Å². The Morgan fingerprint density at radius 3 is 2.54 bits per heavy atom. The molecule has 2 aromatic rings. The van der Waals surface area contributed by atoms with Gasteiger partial charge in [0.15, 0.2) is 0 Å². The summed E-state index contributed by atoms with van der Waals surface area (Å²) in [6, 6.07) is 19.7. The zero-order valence-electron chi connectivity index (χ0n) is 15.5. The molecule has 2 aliphatic heterocycles. The van der Waals surface area contributed by atoms with Crippen LogP contribution in [-0.4, -0.2) is 50.8 Å². The zero-order valence-corrected chi connectivity index (χ0v) is 15.5. The van der Waals surface area contributed by atoms with Gasteiger partial charge < -0.3 is 14.4 Å². The van der Waals surface area contributed by atoms with Gasteiger partial charge in [0, 0.05) is 44.0 Å². The highest BCUT2D eigenvalue weighted by Crippen LogP contribution is 2.29. The van der Waals surface area contributed by atoms with Crippen LogP contribution in [0.25, 0.3) is 0 Å². The SMILES string of the molecule is COc1cccc(N2CCC(N3CCOC(c4ccccc4)C3)CC2)c1. The number of hydrogen-bond acceptors (Lipinski definition) is 4. The molecule has 2 heterocycles. The first-order valence-corrected chi connectivity index (χ1v) is 9.63. The number of methoxy groups -OCH3 is 1. The Hall–Kier alpha value is -2.04. The van der Waals surface area contributed by atoms with Crippen molar-refractivity contribution in [3.8, 4) is 5.75 Å². The third-order valence-corrected chi connectivity index (χ3v) is 5.67. The largest absolute Gasteiger partial charge is 0.497 e. The maximum absolute atomic E-state index is 6.04. The number of piperidine rings is 1. The Balaban J connectivity index is 1.35. The van der Waals surface area contributed by atoms with Crippen LogP contribution >= 0.6 is 0 Å². The van der Waals surface area contributed by atoms with E-state index in [0.717, 1.165) is 38.5 Å². The highest BCUT2D eigenvalue weighted by molar-refractivity contribution is 5.51. The molecule has 0 aromatic heterocycles. The third-order valence-electron chi connectivity index (χ3n) is 5.67. The van der Waals surface area contributed by atoms with E-state index in [2.05, 4.69) is 58.3 Å². The lowest BCUT2D eigenvalue weighted by atomic mass is 10.00. The summed E-state index contributed by atoms with van der Waals surface area (Å²) in [4.78, 5) is 5.12. The summed E-state index contributed by atoms with van der Waals surface area (Å²) in [5.74, 6) is 0.934. The normalized spacial score (nSPS) is 22.3. The van der Waals surface area contributed by atoms with E-state index in [1.807, 2.05) is 6.07 Å². The molecule has 2 aromatic carbocycles. The molecule has 1 atom stereocenters. The number of hydrogen-bond donors (Lipinski definition) is 0. The van der Waals surface area contributed by atoms with Crippen LogP contribution in [0.15, 0.2) is 54.6 Å². The minimum absolute atomic E-state index is 0.210. The fourth-order valence-electron chi connectivity index (χ4n) is 4.17. The van der Waals surface area contributed by atoms with Crippen LogP contribution < -0.4 is 9.64 Å². The minimum atomic E-state index is 0.210. The van der Waals surface area contributed by atoms with Crippen molar-refractivity contribution < 1.29 is 9.47 Å². The molecule has 0 aliphatic carbocycles. The van der Waals surface area contributed by atoms with E-state index in [1.54, 1.807) is 7.11 Å². The van der Waals surface area contributed by atoms with E-state index in [0.29, 0.717) is 6.04 Å². The van der Waals surface area contributed by atoms with Gasteiger partial charge in [0.05, 0.1) is 19.8 Å². The Morgan fingerprint density at radius 2 is 1.77 bits per heavy atom. The predicted molar refractivity (Wildman–Crippen MR) is 105 cm³/mol. The van der Waals surface area contributed by atoms with Crippen molar-refractivity contribution in [2.24, 2.45) is 0 Å². The lowest BCUT2D eigenvalue weighted by Crippen LogP contribution is -2.49. The fourth-order valence-corrected chi connectivity index (χ4v) is 4.17. The Bertz CT molecular complexity index is 698. The number of nitrogens with zero attached hydrogens (tertiary/aromatic N) is 2. The summed E-state index contributed by atoms with van der Waals surface area (Å²) < 4.78 is 11.4. The van der Waals surface area contributed by atoms with E-state index < -0.39 is 0 Å². The molecular formula is C22H28N2O2. The molecule has 0 N–H and O–H groups in total. The first-order chi connectivity index (χ1) is 12.8. The summed E-state index contributed by atoms with van der Waals surface area (Å²) in [5.41, 5.74) is 2.57. The van der Waals surface area contributed by atoms with Crippen molar-refractivity contribution >= 4 is 5.69 Å². The Labute approximate surface area is 156 Å². The van der Waals surface area contributed by atoms with Crippen LogP contribution in [0.2, 0.25) is 0 Å². The van der Waals surface area contributed by atoms with Crippen molar-refractivity contribution in [3.05, 3.63) is 60.2 Å². The fraction of sp³-hybridized carbons (Fsp3) is 0.455. The van der Waals surface area contributed by atoms with E-state index in [4.69, 9.17) is 9.47 Å². The summed E-state index contributed by atoms with van der Waals surface area (Å²) in [7, 11) is 1.73. The van der Waals surface area contributed by atoms with Gasteiger partial charge >= 0.3 is 0 Å². The average Bonchev–Trinajstić information content (AvgIpc) is 2.75. The highest BCUT2D eigenvalue weighted by Gasteiger charge is 2.30. The molecule has 0 bridgehead atoms. The van der Waals surface area contributed by atoms with Crippen LogP contribution in [-0.2, 0) is 4.74 Å². The predicted octanol–water partition coefficient (Wildman–Crippen LogP) is 3.74. The molecular weight excluding hydrogens is 324 g/mol. The van der Waals surface area contributed by atoms with Crippen molar-refractivity contribution in [1.29, 1.82) is 0 Å². The molecule has 4 nitrogen and oxygen atoms in total.